The summed E-state index contributed by atoms with van der Waals surface area (Å²) >= 11 is 6.11. The Bertz CT molecular complexity index is 993. The Morgan fingerprint density at radius 2 is 1.82 bits per heavy atom. The molecule has 1 aromatic heterocycles. The van der Waals surface area contributed by atoms with E-state index in [2.05, 4.69) is 20.6 Å². The fraction of sp³-hybridized carbons (Fsp3) is 0.100. The van der Waals surface area contributed by atoms with E-state index in [-0.39, 0.29) is 11.6 Å². The molecule has 0 saturated heterocycles. The molecule has 2 aromatic carbocycles. The molecule has 0 bridgehead atoms. The number of amides is 1. The highest BCUT2D eigenvalue weighted by atomic mass is 35.5. The molecular weight excluding hydrogens is 380 g/mol. The van der Waals surface area contributed by atoms with Crippen LogP contribution in [0.1, 0.15) is 27.8 Å². The summed E-state index contributed by atoms with van der Waals surface area (Å²) in [5, 5.41) is 6.22. The van der Waals surface area contributed by atoms with E-state index in [1.54, 1.807) is 43.3 Å². The van der Waals surface area contributed by atoms with Crippen LogP contribution in [-0.2, 0) is 4.74 Å². The number of anilines is 3. The van der Waals surface area contributed by atoms with Crippen molar-refractivity contribution in [2.45, 2.75) is 6.92 Å². The number of rotatable bonds is 6. The highest BCUT2D eigenvalue weighted by molar-refractivity contribution is 6.33. The normalized spacial score (nSPS) is 10.2. The molecule has 0 radical (unpaired) electrons. The minimum absolute atomic E-state index is 0.180. The zero-order valence-corrected chi connectivity index (χ0v) is 15.7. The second-order valence-electron chi connectivity index (χ2n) is 5.62. The van der Waals surface area contributed by atoms with E-state index in [0.29, 0.717) is 28.6 Å². The van der Waals surface area contributed by atoms with Crippen molar-refractivity contribution in [2.24, 2.45) is 0 Å². The predicted molar refractivity (Wildman–Crippen MR) is 107 cm³/mol. The third-order valence-corrected chi connectivity index (χ3v) is 3.99. The van der Waals surface area contributed by atoms with Gasteiger partial charge >= 0.3 is 5.97 Å². The third kappa shape index (κ3) is 4.83. The van der Waals surface area contributed by atoms with E-state index in [1.165, 1.54) is 12.3 Å². The van der Waals surface area contributed by atoms with Crippen molar-refractivity contribution in [1.82, 2.24) is 9.97 Å². The van der Waals surface area contributed by atoms with Gasteiger partial charge in [0.05, 0.1) is 22.9 Å². The Morgan fingerprint density at radius 3 is 2.54 bits per heavy atom. The van der Waals surface area contributed by atoms with Gasteiger partial charge in [-0.05, 0) is 49.4 Å². The first kappa shape index (κ1) is 19.3. The molecule has 7 nitrogen and oxygen atoms in total. The van der Waals surface area contributed by atoms with E-state index in [4.69, 9.17) is 16.3 Å². The fourth-order valence-corrected chi connectivity index (χ4v) is 2.51. The second kappa shape index (κ2) is 8.96. The maximum atomic E-state index is 12.5. The molecule has 0 fully saturated rings. The number of para-hydroxylation sites is 1. The standard InChI is InChI=1S/C20H17ClN4O3/c1-2-28-19(27)13-7-9-14(10-8-13)23-18(26)17-11-12-22-20(25-17)24-16-6-4-3-5-15(16)21/h3-12H,2H2,1H3,(H,23,26)(H,22,24,25). The van der Waals surface area contributed by atoms with Gasteiger partial charge in [0.25, 0.3) is 5.91 Å². The maximum absolute atomic E-state index is 12.5. The van der Waals surface area contributed by atoms with E-state index in [9.17, 15) is 9.59 Å². The Hall–Kier alpha value is -3.45. The monoisotopic (exact) mass is 396 g/mol. The lowest BCUT2D eigenvalue weighted by Crippen LogP contribution is -2.15. The van der Waals surface area contributed by atoms with E-state index >= 15 is 0 Å². The number of carbonyl (C=O) groups is 2. The SMILES string of the molecule is CCOC(=O)c1ccc(NC(=O)c2ccnc(Nc3ccccc3Cl)n2)cc1. The summed E-state index contributed by atoms with van der Waals surface area (Å²) < 4.78 is 4.93. The first-order valence-electron chi connectivity index (χ1n) is 8.50. The molecule has 3 aromatic rings. The lowest BCUT2D eigenvalue weighted by atomic mass is 10.2. The molecule has 1 amide bonds. The fourth-order valence-electron chi connectivity index (χ4n) is 2.33. The van der Waals surface area contributed by atoms with Crippen LogP contribution in [0.2, 0.25) is 5.02 Å². The lowest BCUT2D eigenvalue weighted by Gasteiger charge is -2.09. The minimum Gasteiger partial charge on any atom is -0.462 e. The van der Waals surface area contributed by atoms with Crippen LogP contribution in [0, 0.1) is 0 Å². The second-order valence-corrected chi connectivity index (χ2v) is 6.03. The first-order chi connectivity index (χ1) is 13.6. The molecular formula is C20H17ClN4O3. The molecule has 0 unspecified atom stereocenters. The van der Waals surface area contributed by atoms with Crippen LogP contribution in [0.25, 0.3) is 0 Å². The van der Waals surface area contributed by atoms with Crippen LogP contribution in [0.4, 0.5) is 17.3 Å². The minimum atomic E-state index is -0.411. The quantitative estimate of drug-likeness (QED) is 0.603. The zero-order chi connectivity index (χ0) is 19.9. The van der Waals surface area contributed by atoms with Gasteiger partial charge in [0.1, 0.15) is 5.69 Å². The van der Waals surface area contributed by atoms with Gasteiger partial charge in [-0.2, -0.15) is 0 Å². The molecule has 142 valence electrons. The van der Waals surface area contributed by atoms with Crippen LogP contribution in [-0.4, -0.2) is 28.5 Å². The number of hydrogen-bond acceptors (Lipinski definition) is 6. The summed E-state index contributed by atoms with van der Waals surface area (Å²) in [6.45, 7) is 2.04. The molecule has 3 rings (SSSR count). The van der Waals surface area contributed by atoms with Gasteiger partial charge in [0, 0.05) is 11.9 Å². The number of carbonyl (C=O) groups excluding carboxylic acids is 2. The Morgan fingerprint density at radius 1 is 1.07 bits per heavy atom. The lowest BCUT2D eigenvalue weighted by molar-refractivity contribution is 0.0526. The summed E-state index contributed by atoms with van der Waals surface area (Å²) in [6, 6.07) is 15.1. The topological polar surface area (TPSA) is 93.2 Å². The highest BCUT2D eigenvalue weighted by Gasteiger charge is 2.11. The average molecular weight is 397 g/mol. The van der Waals surface area contributed by atoms with Crippen molar-refractivity contribution in [3.8, 4) is 0 Å². The summed E-state index contributed by atoms with van der Waals surface area (Å²) in [6.07, 6.45) is 1.48. The predicted octanol–water partition coefficient (Wildman–Crippen LogP) is 4.30. The zero-order valence-electron chi connectivity index (χ0n) is 15.0. The van der Waals surface area contributed by atoms with Gasteiger partial charge in [0.15, 0.2) is 0 Å². The van der Waals surface area contributed by atoms with Crippen molar-refractivity contribution >= 4 is 40.8 Å². The highest BCUT2D eigenvalue weighted by Crippen LogP contribution is 2.23. The van der Waals surface area contributed by atoms with Crippen LogP contribution >= 0.6 is 11.6 Å². The van der Waals surface area contributed by atoms with Crippen molar-refractivity contribution in [2.75, 3.05) is 17.2 Å². The van der Waals surface area contributed by atoms with Crippen LogP contribution in [0.3, 0.4) is 0 Å². The van der Waals surface area contributed by atoms with Crippen molar-refractivity contribution < 1.29 is 14.3 Å². The molecule has 1 heterocycles. The van der Waals surface area contributed by atoms with Crippen LogP contribution in [0.5, 0.6) is 0 Å². The summed E-state index contributed by atoms with van der Waals surface area (Å²) in [7, 11) is 0. The van der Waals surface area contributed by atoms with Gasteiger partial charge in [-0.25, -0.2) is 14.8 Å². The number of halogens is 1. The molecule has 2 N–H and O–H groups in total. The molecule has 0 atom stereocenters. The third-order valence-electron chi connectivity index (χ3n) is 3.66. The van der Waals surface area contributed by atoms with E-state index in [0.717, 1.165) is 0 Å². The summed E-state index contributed by atoms with van der Waals surface area (Å²) in [5.41, 5.74) is 1.75. The maximum Gasteiger partial charge on any atom is 0.338 e. The smallest absolute Gasteiger partial charge is 0.338 e. The summed E-state index contributed by atoms with van der Waals surface area (Å²) in [4.78, 5) is 32.4. The number of aromatic nitrogens is 2. The average Bonchev–Trinajstić information content (AvgIpc) is 2.71. The van der Waals surface area contributed by atoms with E-state index in [1.807, 2.05) is 12.1 Å². The van der Waals surface area contributed by atoms with Crippen LogP contribution < -0.4 is 10.6 Å². The molecule has 0 aliphatic rings. The van der Waals surface area contributed by atoms with Gasteiger partial charge in [0.2, 0.25) is 5.95 Å². The van der Waals surface area contributed by atoms with Gasteiger partial charge < -0.3 is 15.4 Å². The van der Waals surface area contributed by atoms with Crippen molar-refractivity contribution in [3.05, 3.63) is 77.1 Å². The van der Waals surface area contributed by atoms with Gasteiger partial charge in [-0.15, -0.1) is 0 Å². The van der Waals surface area contributed by atoms with Gasteiger partial charge in [-0.3, -0.25) is 4.79 Å². The first-order valence-corrected chi connectivity index (χ1v) is 8.87. The van der Waals surface area contributed by atoms with Crippen molar-refractivity contribution in [3.63, 3.8) is 0 Å². The van der Waals surface area contributed by atoms with E-state index < -0.39 is 11.9 Å². The molecule has 0 aliphatic carbocycles. The van der Waals surface area contributed by atoms with Gasteiger partial charge in [-0.1, -0.05) is 23.7 Å². The largest absolute Gasteiger partial charge is 0.462 e. The van der Waals surface area contributed by atoms with Crippen molar-refractivity contribution in [1.29, 1.82) is 0 Å². The molecule has 28 heavy (non-hydrogen) atoms. The summed E-state index contributed by atoms with van der Waals surface area (Å²) in [5.74, 6) is -0.571. The number of nitrogens with zero attached hydrogens (tertiary/aromatic N) is 2. The number of ether oxygens (including phenoxy) is 1. The Balaban J connectivity index is 1.69. The number of esters is 1. The number of hydrogen-bond donors (Lipinski definition) is 2. The molecule has 8 heteroatoms. The molecule has 0 aliphatic heterocycles. The molecule has 0 saturated carbocycles. The number of benzene rings is 2. The Kier molecular flexibility index (Phi) is 6.18. The Labute approximate surface area is 166 Å². The number of nitrogens with one attached hydrogen (secondary N) is 2. The molecule has 0 spiro atoms. The van der Waals surface area contributed by atoms with Crippen LogP contribution in [0.15, 0.2) is 60.8 Å².